The van der Waals surface area contributed by atoms with Crippen molar-refractivity contribution in [3.8, 4) is 0 Å². The van der Waals surface area contributed by atoms with Crippen molar-refractivity contribution in [2.75, 3.05) is 13.1 Å². The molecule has 1 saturated heterocycles. The maximum Gasteiger partial charge on any atom is 0.224 e. The molecule has 1 atom stereocenters. The normalized spacial score (nSPS) is 19.0. The number of carbonyl (C=O) groups excluding carboxylic acids is 1. The van der Waals surface area contributed by atoms with Crippen molar-refractivity contribution < 1.29 is 4.79 Å². The molecule has 1 amide bonds. The third-order valence-electron chi connectivity index (χ3n) is 4.97. The van der Waals surface area contributed by atoms with Crippen LogP contribution in [0.5, 0.6) is 0 Å². The van der Waals surface area contributed by atoms with Crippen LogP contribution in [0.25, 0.3) is 0 Å². The minimum absolute atomic E-state index is 0.242. The van der Waals surface area contributed by atoms with Gasteiger partial charge in [0.15, 0.2) is 0 Å². The van der Waals surface area contributed by atoms with Crippen molar-refractivity contribution in [3.05, 3.63) is 35.9 Å². The number of hydrogen-bond acceptors (Lipinski definition) is 2. The molecule has 3 heteroatoms. The zero-order chi connectivity index (χ0) is 16.7. The van der Waals surface area contributed by atoms with Gasteiger partial charge in [-0.15, -0.1) is 0 Å². The van der Waals surface area contributed by atoms with Gasteiger partial charge in [0, 0.05) is 31.6 Å². The zero-order valence-corrected chi connectivity index (χ0v) is 15.0. The summed E-state index contributed by atoms with van der Waals surface area (Å²) in [5.74, 6) is 0.282. The highest BCUT2D eigenvalue weighted by atomic mass is 16.2. The largest absolute Gasteiger partial charge is 0.336 e. The molecule has 1 aromatic carbocycles. The van der Waals surface area contributed by atoms with E-state index in [4.69, 9.17) is 0 Å². The van der Waals surface area contributed by atoms with Crippen LogP contribution in [-0.4, -0.2) is 40.9 Å². The minimum Gasteiger partial charge on any atom is -0.336 e. The second kappa shape index (κ2) is 9.07. The SMILES string of the molecule is CCC1CCCCN1CCC(=O)N(Cc1ccccc1)C(C)C. The molecule has 1 heterocycles. The van der Waals surface area contributed by atoms with Gasteiger partial charge in [0.2, 0.25) is 5.91 Å². The van der Waals surface area contributed by atoms with Gasteiger partial charge < -0.3 is 4.90 Å². The molecule has 0 spiro atoms. The molecule has 1 fully saturated rings. The van der Waals surface area contributed by atoms with E-state index in [1.807, 2.05) is 23.1 Å². The highest BCUT2D eigenvalue weighted by Crippen LogP contribution is 2.20. The van der Waals surface area contributed by atoms with Crippen LogP contribution in [0.3, 0.4) is 0 Å². The summed E-state index contributed by atoms with van der Waals surface area (Å²) in [5, 5.41) is 0. The second-order valence-corrected chi connectivity index (χ2v) is 6.94. The fraction of sp³-hybridized carbons (Fsp3) is 0.650. The summed E-state index contributed by atoms with van der Waals surface area (Å²) in [6.45, 7) is 9.27. The van der Waals surface area contributed by atoms with Gasteiger partial charge in [-0.25, -0.2) is 0 Å². The molecular weight excluding hydrogens is 284 g/mol. The Kier molecular flexibility index (Phi) is 7.10. The van der Waals surface area contributed by atoms with Crippen LogP contribution in [0.2, 0.25) is 0 Å². The van der Waals surface area contributed by atoms with Crippen LogP contribution >= 0.6 is 0 Å². The molecule has 1 aliphatic heterocycles. The average Bonchev–Trinajstić information content (AvgIpc) is 2.58. The van der Waals surface area contributed by atoms with E-state index in [1.165, 1.54) is 31.2 Å². The van der Waals surface area contributed by atoms with E-state index in [0.717, 1.165) is 13.1 Å². The molecule has 0 N–H and O–H groups in total. The van der Waals surface area contributed by atoms with Gasteiger partial charge in [-0.05, 0) is 45.2 Å². The first-order valence-electron chi connectivity index (χ1n) is 9.19. The molecule has 0 aromatic heterocycles. The van der Waals surface area contributed by atoms with Crippen LogP contribution in [-0.2, 0) is 11.3 Å². The van der Waals surface area contributed by atoms with Crippen molar-refractivity contribution in [1.82, 2.24) is 9.80 Å². The van der Waals surface area contributed by atoms with Gasteiger partial charge in [0.1, 0.15) is 0 Å². The van der Waals surface area contributed by atoms with Crippen molar-refractivity contribution in [1.29, 1.82) is 0 Å². The molecule has 1 aromatic rings. The Bertz CT molecular complexity index is 472. The van der Waals surface area contributed by atoms with E-state index >= 15 is 0 Å². The molecule has 1 unspecified atom stereocenters. The van der Waals surface area contributed by atoms with Crippen LogP contribution in [0.1, 0.15) is 58.4 Å². The topological polar surface area (TPSA) is 23.6 Å². The summed E-state index contributed by atoms with van der Waals surface area (Å²) in [6, 6.07) is 11.2. The van der Waals surface area contributed by atoms with Gasteiger partial charge in [-0.2, -0.15) is 0 Å². The van der Waals surface area contributed by atoms with Gasteiger partial charge in [-0.1, -0.05) is 43.7 Å². The van der Waals surface area contributed by atoms with Gasteiger partial charge >= 0.3 is 0 Å². The third-order valence-corrected chi connectivity index (χ3v) is 4.97. The van der Waals surface area contributed by atoms with Crippen molar-refractivity contribution >= 4 is 5.91 Å². The van der Waals surface area contributed by atoms with Crippen LogP contribution < -0.4 is 0 Å². The lowest BCUT2D eigenvalue weighted by molar-refractivity contribution is -0.134. The van der Waals surface area contributed by atoms with E-state index in [-0.39, 0.29) is 11.9 Å². The molecular formula is C20H32N2O. The predicted octanol–water partition coefficient (Wildman–Crippen LogP) is 4.08. The maximum atomic E-state index is 12.7. The first-order chi connectivity index (χ1) is 11.1. The van der Waals surface area contributed by atoms with Gasteiger partial charge in [0.05, 0.1) is 0 Å². The van der Waals surface area contributed by atoms with E-state index < -0.39 is 0 Å². The molecule has 128 valence electrons. The predicted molar refractivity (Wildman–Crippen MR) is 96.2 cm³/mol. The van der Waals surface area contributed by atoms with Gasteiger partial charge in [-0.3, -0.25) is 9.69 Å². The smallest absolute Gasteiger partial charge is 0.224 e. The van der Waals surface area contributed by atoms with Crippen LogP contribution in [0.15, 0.2) is 30.3 Å². The summed E-state index contributed by atoms with van der Waals surface area (Å²) >= 11 is 0. The molecule has 0 aliphatic carbocycles. The Morgan fingerprint density at radius 1 is 1.26 bits per heavy atom. The maximum absolute atomic E-state index is 12.7. The summed E-state index contributed by atoms with van der Waals surface area (Å²) in [5.41, 5.74) is 1.21. The van der Waals surface area contributed by atoms with Crippen LogP contribution in [0.4, 0.5) is 0 Å². The fourth-order valence-electron chi connectivity index (χ4n) is 3.54. The molecule has 1 aliphatic rings. The Morgan fingerprint density at radius 2 is 2.00 bits per heavy atom. The first-order valence-corrected chi connectivity index (χ1v) is 9.19. The number of rotatable bonds is 7. The molecule has 0 saturated carbocycles. The number of amides is 1. The van der Waals surface area contributed by atoms with E-state index in [1.54, 1.807) is 0 Å². The lowest BCUT2D eigenvalue weighted by Gasteiger charge is -2.36. The average molecular weight is 316 g/mol. The Labute approximate surface area is 141 Å². The lowest BCUT2D eigenvalue weighted by Crippen LogP contribution is -2.43. The summed E-state index contributed by atoms with van der Waals surface area (Å²) in [7, 11) is 0. The highest BCUT2D eigenvalue weighted by molar-refractivity contribution is 5.76. The standard InChI is InChI=1S/C20H32N2O/c1-4-19-12-8-9-14-21(19)15-13-20(23)22(17(2)3)16-18-10-6-5-7-11-18/h5-7,10-11,17,19H,4,8-9,12-16H2,1-3H3. The number of nitrogens with zero attached hydrogens (tertiary/aromatic N) is 2. The Hall–Kier alpha value is -1.35. The van der Waals surface area contributed by atoms with Crippen molar-refractivity contribution in [2.24, 2.45) is 0 Å². The van der Waals surface area contributed by atoms with Gasteiger partial charge in [0.25, 0.3) is 0 Å². The Balaban J connectivity index is 1.90. The second-order valence-electron chi connectivity index (χ2n) is 6.94. The quantitative estimate of drug-likeness (QED) is 0.757. The first kappa shape index (κ1) is 18.0. The summed E-state index contributed by atoms with van der Waals surface area (Å²) in [6.07, 6.45) is 5.76. The van der Waals surface area contributed by atoms with E-state index in [9.17, 15) is 4.79 Å². The number of likely N-dealkylation sites (tertiary alicyclic amines) is 1. The number of benzene rings is 1. The van der Waals surface area contributed by atoms with Crippen LogP contribution in [0, 0.1) is 0 Å². The summed E-state index contributed by atoms with van der Waals surface area (Å²) in [4.78, 5) is 17.3. The van der Waals surface area contributed by atoms with Crippen molar-refractivity contribution in [2.45, 2.75) is 71.5 Å². The van der Waals surface area contributed by atoms with Crippen molar-refractivity contribution in [3.63, 3.8) is 0 Å². The molecule has 0 bridgehead atoms. The third kappa shape index (κ3) is 5.35. The fourth-order valence-corrected chi connectivity index (χ4v) is 3.54. The summed E-state index contributed by atoms with van der Waals surface area (Å²) < 4.78 is 0. The molecule has 0 radical (unpaired) electrons. The number of carbonyl (C=O) groups is 1. The zero-order valence-electron chi connectivity index (χ0n) is 15.0. The Morgan fingerprint density at radius 3 is 2.65 bits per heavy atom. The number of piperidine rings is 1. The molecule has 2 rings (SSSR count). The van der Waals surface area contributed by atoms with E-state index in [2.05, 4.69) is 37.8 Å². The lowest BCUT2D eigenvalue weighted by atomic mass is 10.00. The molecule has 23 heavy (non-hydrogen) atoms. The van der Waals surface area contributed by atoms with E-state index in [0.29, 0.717) is 19.0 Å². The molecule has 3 nitrogen and oxygen atoms in total. The highest BCUT2D eigenvalue weighted by Gasteiger charge is 2.23. The minimum atomic E-state index is 0.242. The number of hydrogen-bond donors (Lipinski definition) is 0. The monoisotopic (exact) mass is 316 g/mol.